The third-order valence-electron chi connectivity index (χ3n) is 5.69. The van der Waals surface area contributed by atoms with Crippen molar-refractivity contribution in [2.24, 2.45) is 0 Å². The van der Waals surface area contributed by atoms with Crippen LogP contribution in [0.3, 0.4) is 0 Å². The fraction of sp³-hybridized carbons (Fsp3) is 0.300. The number of nitrogens with one attached hydrogen (secondary N) is 2. The molecular formula is C20H20N6O3. The number of piperidine rings is 1. The van der Waals surface area contributed by atoms with Crippen LogP contribution in [-0.2, 0) is 6.54 Å². The number of pyridine rings is 1. The van der Waals surface area contributed by atoms with Crippen molar-refractivity contribution in [3.63, 3.8) is 0 Å². The molecule has 148 valence electrons. The van der Waals surface area contributed by atoms with Gasteiger partial charge in [-0.2, -0.15) is 0 Å². The van der Waals surface area contributed by atoms with Gasteiger partial charge in [-0.15, -0.1) is 0 Å². The Balaban J connectivity index is 1.49. The van der Waals surface area contributed by atoms with Crippen LogP contribution in [0.1, 0.15) is 24.4 Å². The predicted molar refractivity (Wildman–Crippen MR) is 109 cm³/mol. The molecular weight excluding hydrogens is 372 g/mol. The monoisotopic (exact) mass is 392 g/mol. The lowest BCUT2D eigenvalue weighted by molar-refractivity contribution is -0.385. The standard InChI is InChI=1S/C20H20N6O3/c27-20-23-16-10-22-19-15(7-8-21-19)18(16)25(20)14-5-3-9-24(12-14)11-13-4-1-2-6-17(13)26(28)29/h1-2,4,6-8,10,14H,3,5,9,11-12H2,(H,21,22)(H,23,27)/t14-/m1/s1. The molecule has 0 amide bonds. The molecule has 1 fully saturated rings. The summed E-state index contributed by atoms with van der Waals surface area (Å²) in [4.78, 5) is 36.3. The molecule has 4 heterocycles. The number of aromatic nitrogens is 4. The van der Waals surface area contributed by atoms with Crippen LogP contribution in [0.15, 0.2) is 47.5 Å². The molecule has 9 nitrogen and oxygen atoms in total. The lowest BCUT2D eigenvalue weighted by Gasteiger charge is -2.33. The van der Waals surface area contributed by atoms with Crippen molar-refractivity contribution in [2.75, 3.05) is 13.1 Å². The molecule has 1 saturated heterocycles. The van der Waals surface area contributed by atoms with E-state index in [4.69, 9.17) is 0 Å². The number of fused-ring (bicyclic) bond motifs is 3. The first-order valence-corrected chi connectivity index (χ1v) is 9.63. The maximum atomic E-state index is 12.8. The van der Waals surface area contributed by atoms with Crippen molar-refractivity contribution in [3.8, 4) is 0 Å². The van der Waals surface area contributed by atoms with Gasteiger partial charge < -0.3 is 9.97 Å². The van der Waals surface area contributed by atoms with Gasteiger partial charge >= 0.3 is 5.69 Å². The number of nitrogens with zero attached hydrogens (tertiary/aromatic N) is 4. The minimum absolute atomic E-state index is 0.00623. The van der Waals surface area contributed by atoms with E-state index in [9.17, 15) is 14.9 Å². The molecule has 1 aliphatic heterocycles. The molecule has 4 aromatic rings. The Labute approximate surface area is 165 Å². The zero-order chi connectivity index (χ0) is 20.0. The third-order valence-corrected chi connectivity index (χ3v) is 5.69. The molecule has 1 aromatic carbocycles. The maximum Gasteiger partial charge on any atom is 0.326 e. The first kappa shape index (κ1) is 17.6. The number of nitro benzene ring substituents is 1. The van der Waals surface area contributed by atoms with Gasteiger partial charge in [-0.1, -0.05) is 18.2 Å². The van der Waals surface area contributed by atoms with E-state index in [2.05, 4.69) is 19.9 Å². The Bertz CT molecular complexity index is 1270. The summed E-state index contributed by atoms with van der Waals surface area (Å²) in [7, 11) is 0. The number of hydrogen-bond donors (Lipinski definition) is 2. The summed E-state index contributed by atoms with van der Waals surface area (Å²) in [6.45, 7) is 2.00. The van der Waals surface area contributed by atoms with E-state index in [1.54, 1.807) is 18.3 Å². The summed E-state index contributed by atoms with van der Waals surface area (Å²) in [6.07, 6.45) is 5.31. The number of benzene rings is 1. The molecule has 0 aliphatic carbocycles. The largest absolute Gasteiger partial charge is 0.346 e. The average Bonchev–Trinajstić information content (AvgIpc) is 3.31. The molecule has 0 saturated carbocycles. The number of imidazole rings is 1. The highest BCUT2D eigenvalue weighted by Crippen LogP contribution is 2.29. The first-order valence-electron chi connectivity index (χ1n) is 9.63. The van der Waals surface area contributed by atoms with Gasteiger partial charge in [-0.25, -0.2) is 9.78 Å². The Morgan fingerprint density at radius 2 is 2.14 bits per heavy atom. The minimum atomic E-state index is -0.337. The second kappa shape index (κ2) is 6.85. The van der Waals surface area contributed by atoms with E-state index in [1.807, 2.05) is 22.9 Å². The van der Waals surface area contributed by atoms with E-state index < -0.39 is 0 Å². The maximum absolute atomic E-state index is 12.8. The number of nitro groups is 1. The molecule has 0 radical (unpaired) electrons. The Morgan fingerprint density at radius 1 is 1.28 bits per heavy atom. The Hall–Kier alpha value is -3.46. The van der Waals surface area contributed by atoms with Crippen LogP contribution in [-0.4, -0.2) is 42.4 Å². The summed E-state index contributed by atoms with van der Waals surface area (Å²) in [5.74, 6) is 0. The summed E-state index contributed by atoms with van der Waals surface area (Å²) in [6, 6.07) is 8.77. The van der Waals surface area contributed by atoms with Crippen LogP contribution in [0.5, 0.6) is 0 Å². The Morgan fingerprint density at radius 3 is 3.00 bits per heavy atom. The molecule has 3 aromatic heterocycles. The van der Waals surface area contributed by atoms with Crippen molar-refractivity contribution in [1.29, 1.82) is 0 Å². The van der Waals surface area contributed by atoms with E-state index in [1.165, 1.54) is 6.07 Å². The third kappa shape index (κ3) is 2.99. The van der Waals surface area contributed by atoms with E-state index in [0.29, 0.717) is 18.7 Å². The molecule has 0 spiro atoms. The summed E-state index contributed by atoms with van der Waals surface area (Å²) < 4.78 is 1.83. The summed E-state index contributed by atoms with van der Waals surface area (Å²) in [5, 5.41) is 12.2. The van der Waals surface area contributed by atoms with Gasteiger partial charge in [-0.3, -0.25) is 19.6 Å². The van der Waals surface area contributed by atoms with Crippen molar-refractivity contribution >= 4 is 27.8 Å². The van der Waals surface area contributed by atoms with E-state index in [0.717, 1.165) is 41.5 Å². The lowest BCUT2D eigenvalue weighted by Crippen LogP contribution is -2.38. The number of likely N-dealkylation sites (tertiary alicyclic amines) is 1. The van der Waals surface area contributed by atoms with Crippen molar-refractivity contribution < 1.29 is 4.92 Å². The second-order valence-corrected chi connectivity index (χ2v) is 7.48. The zero-order valence-electron chi connectivity index (χ0n) is 15.7. The lowest BCUT2D eigenvalue weighted by atomic mass is 10.0. The fourth-order valence-corrected chi connectivity index (χ4v) is 4.42. The van der Waals surface area contributed by atoms with Crippen LogP contribution >= 0.6 is 0 Å². The van der Waals surface area contributed by atoms with Crippen molar-refractivity contribution in [1.82, 2.24) is 24.4 Å². The molecule has 9 heteroatoms. The quantitative estimate of drug-likeness (QED) is 0.409. The molecule has 0 unspecified atom stereocenters. The molecule has 5 rings (SSSR count). The second-order valence-electron chi connectivity index (χ2n) is 7.48. The average molecular weight is 392 g/mol. The number of H-pyrrole nitrogens is 2. The Kier molecular flexibility index (Phi) is 4.17. The van der Waals surface area contributed by atoms with Gasteiger partial charge in [0.2, 0.25) is 0 Å². The van der Waals surface area contributed by atoms with Gasteiger partial charge in [0.05, 0.1) is 28.2 Å². The number of hydrogen-bond acceptors (Lipinski definition) is 5. The van der Waals surface area contributed by atoms with Gasteiger partial charge in [0, 0.05) is 36.3 Å². The number of rotatable bonds is 4. The molecule has 1 aliphatic rings. The van der Waals surface area contributed by atoms with Crippen molar-refractivity contribution in [2.45, 2.75) is 25.4 Å². The summed E-state index contributed by atoms with van der Waals surface area (Å²) in [5.41, 5.74) is 3.02. The molecule has 2 N–H and O–H groups in total. The SMILES string of the molecule is O=c1[nH]c2cnc3[nH]ccc3c2n1[C@@H]1CCCN(Cc2ccccc2[N+](=O)[O-])C1. The predicted octanol–water partition coefficient (Wildman–Crippen LogP) is 2.95. The highest BCUT2D eigenvalue weighted by atomic mass is 16.6. The fourth-order valence-electron chi connectivity index (χ4n) is 4.42. The van der Waals surface area contributed by atoms with Crippen LogP contribution in [0, 0.1) is 10.1 Å². The van der Waals surface area contributed by atoms with Gasteiger partial charge in [-0.05, 0) is 25.5 Å². The smallest absolute Gasteiger partial charge is 0.326 e. The van der Waals surface area contributed by atoms with Gasteiger partial charge in [0.15, 0.2) is 0 Å². The topological polar surface area (TPSA) is 113 Å². The van der Waals surface area contributed by atoms with Gasteiger partial charge in [0.1, 0.15) is 5.65 Å². The van der Waals surface area contributed by atoms with Crippen LogP contribution in [0.25, 0.3) is 22.1 Å². The first-order chi connectivity index (χ1) is 14.1. The highest BCUT2D eigenvalue weighted by Gasteiger charge is 2.26. The van der Waals surface area contributed by atoms with Crippen LogP contribution < -0.4 is 5.69 Å². The molecule has 29 heavy (non-hydrogen) atoms. The highest BCUT2D eigenvalue weighted by molar-refractivity contribution is 6.00. The van der Waals surface area contributed by atoms with Crippen LogP contribution in [0.4, 0.5) is 5.69 Å². The number of aromatic amines is 2. The number of para-hydroxylation sites is 1. The van der Waals surface area contributed by atoms with E-state index in [-0.39, 0.29) is 22.3 Å². The van der Waals surface area contributed by atoms with Crippen molar-refractivity contribution in [3.05, 3.63) is 68.9 Å². The normalized spacial score (nSPS) is 17.9. The summed E-state index contributed by atoms with van der Waals surface area (Å²) >= 11 is 0. The zero-order valence-corrected chi connectivity index (χ0v) is 15.7. The van der Waals surface area contributed by atoms with Gasteiger partial charge in [0.25, 0.3) is 5.69 Å². The minimum Gasteiger partial charge on any atom is -0.346 e. The van der Waals surface area contributed by atoms with E-state index >= 15 is 0 Å². The molecule has 0 bridgehead atoms. The van der Waals surface area contributed by atoms with Crippen LogP contribution in [0.2, 0.25) is 0 Å². The molecule has 1 atom stereocenters.